The molecule has 1 aromatic rings. The minimum atomic E-state index is -1.00. The number of rotatable bonds is 2. The van der Waals surface area contributed by atoms with E-state index in [4.69, 9.17) is 5.11 Å². The molecule has 5 nitrogen and oxygen atoms in total. The van der Waals surface area contributed by atoms with Gasteiger partial charge in [0.2, 0.25) is 0 Å². The lowest BCUT2D eigenvalue weighted by Crippen LogP contribution is -1.86. The third-order valence-electron chi connectivity index (χ3n) is 0.817. The van der Waals surface area contributed by atoms with Crippen LogP contribution in [0.2, 0.25) is 0 Å². The lowest BCUT2D eigenvalue weighted by molar-refractivity contribution is -0.131. The molecule has 0 unspecified atom stereocenters. The monoisotopic (exact) mass is 175 g/mol. The molecule has 0 aliphatic carbocycles. The van der Waals surface area contributed by atoms with E-state index in [-0.39, 0.29) is 12.4 Å². The molecule has 2 N–H and O–H groups in total. The summed E-state index contributed by atoms with van der Waals surface area (Å²) in [6, 6.07) is 0. The van der Waals surface area contributed by atoms with Gasteiger partial charge in [0.25, 0.3) is 0 Å². The molecule has 11 heavy (non-hydrogen) atoms. The number of carbonyl (C=O) groups is 1. The molecule has 0 radical (unpaired) electrons. The van der Waals surface area contributed by atoms with Gasteiger partial charge in [0.05, 0.1) is 0 Å². The van der Waals surface area contributed by atoms with Crippen LogP contribution in [-0.4, -0.2) is 26.3 Å². The second-order valence-electron chi connectivity index (χ2n) is 1.54. The first-order chi connectivity index (χ1) is 4.79. The number of carboxylic acids is 1. The van der Waals surface area contributed by atoms with Gasteiger partial charge in [0, 0.05) is 6.08 Å². The van der Waals surface area contributed by atoms with E-state index in [1.54, 1.807) is 0 Å². The van der Waals surface area contributed by atoms with Crippen molar-refractivity contribution in [3.8, 4) is 0 Å². The summed E-state index contributed by atoms with van der Waals surface area (Å²) in [5.74, 6) is -0.571. The molecule has 1 heterocycles. The van der Waals surface area contributed by atoms with Crippen LogP contribution in [0.5, 0.6) is 0 Å². The number of hydrogen-bond acceptors (Lipinski definition) is 3. The Hall–Kier alpha value is -1.36. The Labute approximate surface area is 68.6 Å². The fraction of sp³-hybridized carbons (Fsp3) is 0. The SMILES string of the molecule is Cl.O=C(O)C=Cc1ncn[nH]1. The highest BCUT2D eigenvalue weighted by Gasteiger charge is 1.88. The lowest BCUT2D eigenvalue weighted by atomic mass is 10.5. The smallest absolute Gasteiger partial charge is 0.328 e. The number of nitrogens with zero attached hydrogens (tertiary/aromatic N) is 2. The number of halogens is 1. The number of aromatic nitrogens is 3. The number of nitrogens with one attached hydrogen (secondary N) is 1. The van der Waals surface area contributed by atoms with Gasteiger partial charge in [0.1, 0.15) is 12.2 Å². The molecule has 0 bridgehead atoms. The molecule has 6 heteroatoms. The zero-order valence-corrected chi connectivity index (χ0v) is 6.21. The summed E-state index contributed by atoms with van der Waals surface area (Å²) >= 11 is 0. The molecule has 0 aliphatic rings. The number of H-pyrrole nitrogens is 1. The van der Waals surface area contributed by atoms with Crippen LogP contribution in [0.25, 0.3) is 6.08 Å². The molecule has 0 fully saturated rings. The van der Waals surface area contributed by atoms with Gasteiger partial charge in [-0.15, -0.1) is 12.4 Å². The van der Waals surface area contributed by atoms with E-state index in [0.717, 1.165) is 6.08 Å². The third-order valence-corrected chi connectivity index (χ3v) is 0.817. The van der Waals surface area contributed by atoms with Gasteiger partial charge in [-0.3, -0.25) is 5.10 Å². The normalized spacial score (nSPS) is 9.45. The molecule has 0 saturated carbocycles. The molecular weight excluding hydrogens is 170 g/mol. The summed E-state index contributed by atoms with van der Waals surface area (Å²) in [6.45, 7) is 0. The Kier molecular flexibility index (Phi) is 3.90. The average molecular weight is 176 g/mol. The average Bonchev–Trinajstić information content (AvgIpc) is 2.34. The van der Waals surface area contributed by atoms with Crippen molar-refractivity contribution in [2.75, 3.05) is 0 Å². The summed E-state index contributed by atoms with van der Waals surface area (Å²) in [7, 11) is 0. The second kappa shape index (κ2) is 4.45. The van der Waals surface area contributed by atoms with Crippen molar-refractivity contribution in [3.05, 3.63) is 18.2 Å². The molecular formula is C5H6ClN3O2. The van der Waals surface area contributed by atoms with Crippen LogP contribution in [0.15, 0.2) is 12.4 Å². The van der Waals surface area contributed by atoms with Crippen LogP contribution in [-0.2, 0) is 4.79 Å². The van der Waals surface area contributed by atoms with Crippen LogP contribution < -0.4 is 0 Å². The number of hydrogen-bond donors (Lipinski definition) is 2. The Morgan fingerprint density at radius 3 is 2.91 bits per heavy atom. The van der Waals surface area contributed by atoms with Crippen molar-refractivity contribution >= 4 is 24.5 Å². The fourth-order valence-corrected chi connectivity index (χ4v) is 0.445. The molecule has 60 valence electrons. The van der Waals surface area contributed by atoms with Crippen molar-refractivity contribution in [1.82, 2.24) is 15.2 Å². The molecule has 0 spiro atoms. The maximum absolute atomic E-state index is 9.95. The van der Waals surface area contributed by atoms with Gasteiger partial charge < -0.3 is 5.11 Å². The zero-order valence-electron chi connectivity index (χ0n) is 5.39. The molecule has 0 atom stereocenters. The van der Waals surface area contributed by atoms with Crippen LogP contribution >= 0.6 is 12.4 Å². The topological polar surface area (TPSA) is 78.9 Å². The Morgan fingerprint density at radius 1 is 1.73 bits per heavy atom. The highest BCUT2D eigenvalue weighted by molar-refractivity contribution is 5.85. The van der Waals surface area contributed by atoms with Gasteiger partial charge in [-0.1, -0.05) is 0 Å². The maximum atomic E-state index is 9.95. The van der Waals surface area contributed by atoms with Crippen molar-refractivity contribution in [1.29, 1.82) is 0 Å². The van der Waals surface area contributed by atoms with Crippen molar-refractivity contribution in [2.24, 2.45) is 0 Å². The van der Waals surface area contributed by atoms with Crippen LogP contribution in [0.3, 0.4) is 0 Å². The largest absolute Gasteiger partial charge is 0.478 e. The number of aromatic amines is 1. The zero-order chi connectivity index (χ0) is 7.40. The Bertz CT molecular complexity index is 244. The van der Waals surface area contributed by atoms with E-state index in [9.17, 15) is 4.79 Å². The van der Waals surface area contributed by atoms with Gasteiger partial charge in [-0.05, 0) is 6.08 Å². The maximum Gasteiger partial charge on any atom is 0.328 e. The van der Waals surface area contributed by atoms with E-state index < -0.39 is 5.97 Å². The van der Waals surface area contributed by atoms with Crippen LogP contribution in [0.1, 0.15) is 5.82 Å². The van der Waals surface area contributed by atoms with Gasteiger partial charge >= 0.3 is 5.97 Å². The van der Waals surface area contributed by atoms with E-state index in [1.807, 2.05) is 0 Å². The minimum Gasteiger partial charge on any atom is -0.478 e. The van der Waals surface area contributed by atoms with E-state index in [0.29, 0.717) is 5.82 Å². The predicted molar refractivity (Wildman–Crippen MR) is 40.3 cm³/mol. The highest BCUT2D eigenvalue weighted by atomic mass is 35.5. The predicted octanol–water partition coefficient (Wildman–Crippen LogP) is 0.324. The first kappa shape index (κ1) is 9.64. The summed E-state index contributed by atoms with van der Waals surface area (Å²) in [4.78, 5) is 13.6. The molecule has 0 aromatic carbocycles. The molecule has 0 amide bonds. The van der Waals surface area contributed by atoms with Crippen LogP contribution in [0, 0.1) is 0 Å². The van der Waals surface area contributed by atoms with Gasteiger partial charge in [-0.2, -0.15) is 5.10 Å². The number of aliphatic carboxylic acids is 1. The summed E-state index contributed by atoms with van der Waals surface area (Å²) in [5.41, 5.74) is 0. The molecule has 0 aliphatic heterocycles. The lowest BCUT2D eigenvalue weighted by Gasteiger charge is -1.77. The van der Waals surface area contributed by atoms with Crippen molar-refractivity contribution in [2.45, 2.75) is 0 Å². The van der Waals surface area contributed by atoms with Gasteiger partial charge in [0.15, 0.2) is 0 Å². The molecule has 1 rings (SSSR count). The first-order valence-corrected chi connectivity index (χ1v) is 2.55. The Morgan fingerprint density at radius 2 is 2.45 bits per heavy atom. The minimum absolute atomic E-state index is 0. The fourth-order valence-electron chi connectivity index (χ4n) is 0.445. The van der Waals surface area contributed by atoms with Crippen LogP contribution in [0.4, 0.5) is 0 Å². The summed E-state index contributed by atoms with van der Waals surface area (Å²) < 4.78 is 0. The second-order valence-corrected chi connectivity index (χ2v) is 1.54. The van der Waals surface area contributed by atoms with E-state index >= 15 is 0 Å². The van der Waals surface area contributed by atoms with E-state index in [1.165, 1.54) is 12.4 Å². The van der Waals surface area contributed by atoms with Gasteiger partial charge in [-0.25, -0.2) is 9.78 Å². The van der Waals surface area contributed by atoms with Crippen molar-refractivity contribution < 1.29 is 9.90 Å². The Balaban J connectivity index is 0.000001000. The third kappa shape index (κ3) is 3.36. The van der Waals surface area contributed by atoms with Crippen molar-refractivity contribution in [3.63, 3.8) is 0 Å². The molecule has 0 saturated heterocycles. The number of carboxylic acid groups (broad SMARTS) is 1. The highest BCUT2D eigenvalue weighted by Crippen LogP contribution is 1.87. The summed E-state index contributed by atoms with van der Waals surface area (Å²) in [5, 5.41) is 14.2. The quantitative estimate of drug-likeness (QED) is 0.635. The van der Waals surface area contributed by atoms with E-state index in [2.05, 4.69) is 15.2 Å². The summed E-state index contributed by atoms with van der Waals surface area (Å²) in [6.07, 6.45) is 3.62. The standard InChI is InChI=1S/C5H5N3O2.ClH/c9-5(10)2-1-4-6-3-7-8-4;/h1-3H,(H,9,10)(H,6,7,8);1H. The first-order valence-electron chi connectivity index (χ1n) is 2.55. The molecule has 1 aromatic heterocycles.